The molecule has 0 spiro atoms. The van der Waals surface area contributed by atoms with Gasteiger partial charge in [0.1, 0.15) is 5.48 Å². The molecule has 24 heavy (non-hydrogen) atoms. The van der Waals surface area contributed by atoms with Gasteiger partial charge in [-0.15, -0.1) is 11.3 Å². The van der Waals surface area contributed by atoms with Gasteiger partial charge in [-0.05, 0) is 53.8 Å². The smallest absolute Gasteiger partial charge is 0.257 e. The first kappa shape index (κ1) is 14.7. The van der Waals surface area contributed by atoms with Crippen LogP contribution in [0.4, 0.5) is 0 Å². The molecule has 0 amide bonds. The van der Waals surface area contributed by atoms with E-state index in [9.17, 15) is 4.79 Å². The number of aromatic amines is 2. The van der Waals surface area contributed by atoms with Gasteiger partial charge in [-0.1, -0.05) is 6.58 Å². The first-order chi connectivity index (χ1) is 11.6. The molecule has 2 aliphatic rings. The predicted octanol–water partition coefficient (Wildman–Crippen LogP) is 2.10. The Morgan fingerprint density at radius 2 is 2.00 bits per heavy atom. The van der Waals surface area contributed by atoms with Crippen LogP contribution in [-0.2, 0) is 0 Å². The highest BCUT2D eigenvalue weighted by Crippen LogP contribution is 2.15. The summed E-state index contributed by atoms with van der Waals surface area (Å²) in [7, 11) is 0. The highest BCUT2D eigenvalue weighted by molar-refractivity contribution is 7.11. The van der Waals surface area contributed by atoms with Crippen molar-refractivity contribution in [2.45, 2.75) is 6.92 Å². The van der Waals surface area contributed by atoms with Crippen molar-refractivity contribution in [2.24, 2.45) is 0 Å². The molecule has 0 fully saturated rings. The maximum Gasteiger partial charge on any atom is 0.257 e. The third-order valence-electron chi connectivity index (χ3n) is 3.96. The minimum atomic E-state index is -0.0985. The second-order valence-electron chi connectivity index (χ2n) is 5.72. The average molecular weight is 333 g/mol. The summed E-state index contributed by atoms with van der Waals surface area (Å²) in [6.07, 6.45) is 5.43. The molecule has 5 heteroatoms. The molecule has 2 aromatic rings. The zero-order chi connectivity index (χ0) is 16.7. The Labute approximate surface area is 141 Å². The monoisotopic (exact) mass is 333 g/mol. The second kappa shape index (κ2) is 5.62. The quantitative estimate of drug-likeness (QED) is 0.590. The maximum absolute atomic E-state index is 12.4. The number of nitrogens with zero attached hydrogens (tertiary/aromatic N) is 1. The van der Waals surface area contributed by atoms with Crippen LogP contribution >= 0.6 is 11.3 Å². The van der Waals surface area contributed by atoms with Gasteiger partial charge in [0.2, 0.25) is 0 Å². The second-order valence-corrected chi connectivity index (χ2v) is 6.67. The standard InChI is InChI=1S/C19H15N3OS/c1-11-7-14(24-10-11)8-17-16-9-15(13-3-5-20-6-4-13)12(2)21-18(16)22-19(17)23/h3-10,21H,2H2,1H3,(H,22,23). The molecule has 0 unspecified atom stereocenters. The van der Waals surface area contributed by atoms with E-state index in [1.165, 1.54) is 5.56 Å². The molecule has 118 valence electrons. The summed E-state index contributed by atoms with van der Waals surface area (Å²) in [5.74, 6) is 0. The zero-order valence-electron chi connectivity index (χ0n) is 13.1. The fourth-order valence-electron chi connectivity index (χ4n) is 2.81. The summed E-state index contributed by atoms with van der Waals surface area (Å²) >= 11 is 1.63. The minimum absolute atomic E-state index is 0.0985. The van der Waals surface area contributed by atoms with E-state index in [1.807, 2.05) is 31.2 Å². The molecule has 2 aliphatic heterocycles. The number of nitrogens with one attached hydrogen (secondary N) is 2. The fraction of sp³-hybridized carbons (Fsp3) is 0.0526. The highest BCUT2D eigenvalue weighted by Gasteiger charge is 2.05. The number of hydrogen-bond acceptors (Lipinski definition) is 3. The zero-order valence-corrected chi connectivity index (χ0v) is 13.9. The SMILES string of the molecule is C=c1[nH]c2[nH]c(=O)c(=Cc3cc(C)cs3)c=2cc1-c1ccncc1. The first-order valence-corrected chi connectivity index (χ1v) is 8.41. The topological polar surface area (TPSA) is 61.5 Å². The molecule has 0 aromatic carbocycles. The van der Waals surface area contributed by atoms with Crippen LogP contribution in [-0.4, -0.2) is 15.0 Å². The van der Waals surface area contributed by atoms with Gasteiger partial charge in [0.25, 0.3) is 5.56 Å². The lowest BCUT2D eigenvalue weighted by atomic mass is 10.1. The predicted molar refractivity (Wildman–Crippen MR) is 97.3 cm³/mol. The van der Waals surface area contributed by atoms with E-state index in [-0.39, 0.29) is 5.56 Å². The summed E-state index contributed by atoms with van der Waals surface area (Å²) in [5.41, 5.74) is 3.77. The molecule has 2 N–H and O–H groups in total. The van der Waals surface area contributed by atoms with Crippen LogP contribution in [0, 0.1) is 17.6 Å². The molecule has 0 aliphatic carbocycles. The summed E-state index contributed by atoms with van der Waals surface area (Å²) in [6.45, 7) is 6.11. The molecule has 0 saturated carbocycles. The van der Waals surface area contributed by atoms with E-state index in [4.69, 9.17) is 0 Å². The van der Waals surface area contributed by atoms with Gasteiger partial charge in [0, 0.05) is 33.4 Å². The number of thiophene rings is 1. The lowest BCUT2D eigenvalue weighted by Gasteiger charge is -2.01. The third kappa shape index (κ3) is 2.49. The van der Waals surface area contributed by atoms with Gasteiger partial charge >= 0.3 is 0 Å². The first-order valence-electron chi connectivity index (χ1n) is 7.53. The van der Waals surface area contributed by atoms with E-state index < -0.39 is 0 Å². The van der Waals surface area contributed by atoms with Crippen molar-refractivity contribution in [1.82, 2.24) is 15.0 Å². The molecule has 2 aromatic heterocycles. The average Bonchev–Trinajstić information content (AvgIpc) is 3.11. The Morgan fingerprint density at radius 1 is 1.21 bits per heavy atom. The van der Waals surface area contributed by atoms with E-state index in [2.05, 4.69) is 33.0 Å². The molecule has 0 saturated heterocycles. The number of aromatic nitrogens is 3. The van der Waals surface area contributed by atoms with Crippen LogP contribution in [0.3, 0.4) is 0 Å². The van der Waals surface area contributed by atoms with E-state index >= 15 is 0 Å². The van der Waals surface area contributed by atoms with Gasteiger partial charge in [-0.3, -0.25) is 9.78 Å². The number of rotatable bonds is 2. The molecular weight excluding hydrogens is 318 g/mol. The van der Waals surface area contributed by atoms with Gasteiger partial charge in [0.05, 0.1) is 5.22 Å². The van der Waals surface area contributed by atoms with Crippen molar-refractivity contribution >= 4 is 24.0 Å². The summed E-state index contributed by atoms with van der Waals surface area (Å²) in [4.78, 5) is 23.6. The van der Waals surface area contributed by atoms with E-state index in [0.717, 1.165) is 26.6 Å². The molecule has 4 heterocycles. The van der Waals surface area contributed by atoms with Gasteiger partial charge < -0.3 is 9.97 Å². The molecule has 0 radical (unpaired) electrons. The molecule has 4 nitrogen and oxygen atoms in total. The number of hydrogen-bond donors (Lipinski definition) is 2. The molecule has 0 atom stereocenters. The normalized spacial score (nSPS) is 12.1. The summed E-state index contributed by atoms with van der Waals surface area (Å²) in [6, 6.07) is 7.95. The van der Waals surface area contributed by atoms with Crippen molar-refractivity contribution in [1.29, 1.82) is 0 Å². The lowest BCUT2D eigenvalue weighted by molar-refractivity contribution is 1.08. The van der Waals surface area contributed by atoms with Crippen LogP contribution in [0.15, 0.2) is 46.8 Å². The number of aryl methyl sites for hydroxylation is 1. The van der Waals surface area contributed by atoms with E-state index in [0.29, 0.717) is 10.7 Å². The van der Waals surface area contributed by atoms with Crippen LogP contribution in [0.25, 0.3) is 23.8 Å². The Bertz CT molecular complexity index is 1250. The van der Waals surface area contributed by atoms with Gasteiger partial charge in [0.15, 0.2) is 0 Å². The maximum atomic E-state index is 12.4. The Kier molecular flexibility index (Phi) is 3.43. The number of pyridine rings is 1. The fourth-order valence-corrected chi connectivity index (χ4v) is 3.64. The van der Waals surface area contributed by atoms with Crippen LogP contribution in [0.5, 0.6) is 0 Å². The van der Waals surface area contributed by atoms with Crippen molar-refractivity contribution < 1.29 is 0 Å². The largest absolute Gasteiger partial charge is 0.341 e. The Balaban J connectivity index is 2.05. The summed E-state index contributed by atoms with van der Waals surface area (Å²) < 4.78 is 0. The van der Waals surface area contributed by atoms with Crippen molar-refractivity contribution in [3.05, 3.63) is 84.1 Å². The highest BCUT2D eigenvalue weighted by atomic mass is 32.1. The Hall–Kier alpha value is -2.92. The molecule has 0 bridgehead atoms. The van der Waals surface area contributed by atoms with Gasteiger partial charge in [-0.2, -0.15) is 0 Å². The molecule has 4 rings (SSSR count). The number of H-pyrrole nitrogens is 2. The van der Waals surface area contributed by atoms with Crippen molar-refractivity contribution in [2.75, 3.05) is 0 Å². The lowest BCUT2D eigenvalue weighted by Crippen LogP contribution is -2.22. The van der Waals surface area contributed by atoms with Crippen LogP contribution < -0.4 is 16.1 Å². The van der Waals surface area contributed by atoms with Crippen molar-refractivity contribution in [3.8, 4) is 11.1 Å². The van der Waals surface area contributed by atoms with Crippen molar-refractivity contribution in [3.63, 3.8) is 0 Å². The summed E-state index contributed by atoms with van der Waals surface area (Å²) in [5, 5.41) is 4.37. The van der Waals surface area contributed by atoms with Crippen LogP contribution in [0.2, 0.25) is 0 Å². The third-order valence-corrected chi connectivity index (χ3v) is 4.96. The van der Waals surface area contributed by atoms with Gasteiger partial charge in [-0.25, -0.2) is 0 Å². The Morgan fingerprint density at radius 3 is 2.71 bits per heavy atom. The molecular formula is C19H15N3OS. The van der Waals surface area contributed by atoms with E-state index in [1.54, 1.807) is 23.7 Å². The van der Waals surface area contributed by atoms with Crippen LogP contribution in [0.1, 0.15) is 10.4 Å². The minimum Gasteiger partial charge on any atom is -0.341 e.